The summed E-state index contributed by atoms with van der Waals surface area (Å²) in [5.74, 6) is 0. The first kappa shape index (κ1) is 14.1. The topological polar surface area (TPSA) is 35.2 Å². The molecule has 0 radical (unpaired) electrons. The van der Waals surface area contributed by atoms with Gasteiger partial charge in [-0.1, -0.05) is 13.3 Å². The van der Waals surface area contributed by atoms with Crippen LogP contribution in [0, 0.1) is 0 Å². The fourth-order valence-corrected chi connectivity index (χ4v) is 4.65. The highest BCUT2D eigenvalue weighted by molar-refractivity contribution is 5.89. The molecule has 4 rings (SSSR count). The van der Waals surface area contributed by atoms with Gasteiger partial charge in [0.1, 0.15) is 5.65 Å². The lowest BCUT2D eigenvalue weighted by Gasteiger charge is -2.52. The van der Waals surface area contributed by atoms with Crippen molar-refractivity contribution in [1.29, 1.82) is 0 Å². The van der Waals surface area contributed by atoms with E-state index in [9.17, 15) is 0 Å². The summed E-state index contributed by atoms with van der Waals surface area (Å²) in [6.07, 6.45) is 10.7. The molecule has 1 N–H and O–H groups in total. The Labute approximate surface area is 132 Å². The summed E-state index contributed by atoms with van der Waals surface area (Å²) < 4.78 is 0. The van der Waals surface area contributed by atoms with Crippen LogP contribution in [-0.4, -0.2) is 46.6 Å². The predicted octanol–water partition coefficient (Wildman–Crippen LogP) is 3.41. The number of piperidine rings is 2. The molecular weight excluding hydrogens is 272 g/mol. The molecule has 4 heteroatoms. The minimum Gasteiger partial charge on any atom is -0.369 e. The largest absolute Gasteiger partial charge is 0.369 e. The van der Waals surface area contributed by atoms with E-state index in [1.165, 1.54) is 69.4 Å². The Morgan fingerprint density at radius 1 is 1.18 bits per heavy atom. The van der Waals surface area contributed by atoms with Crippen molar-refractivity contribution in [2.45, 2.75) is 44.6 Å². The van der Waals surface area contributed by atoms with E-state index in [-0.39, 0.29) is 0 Å². The summed E-state index contributed by atoms with van der Waals surface area (Å²) in [6, 6.07) is 4.35. The summed E-state index contributed by atoms with van der Waals surface area (Å²) in [7, 11) is 0. The van der Waals surface area contributed by atoms with Gasteiger partial charge < -0.3 is 9.88 Å². The summed E-state index contributed by atoms with van der Waals surface area (Å²) in [5.41, 5.74) is 2.76. The first-order chi connectivity index (χ1) is 10.8. The predicted molar refractivity (Wildman–Crippen MR) is 91.4 cm³/mol. The second-order valence-electron chi connectivity index (χ2n) is 6.86. The maximum absolute atomic E-state index is 4.44. The molecule has 0 bridgehead atoms. The van der Waals surface area contributed by atoms with E-state index < -0.39 is 0 Å². The van der Waals surface area contributed by atoms with Crippen molar-refractivity contribution < 1.29 is 0 Å². The van der Waals surface area contributed by atoms with Crippen LogP contribution in [0.4, 0.5) is 5.69 Å². The van der Waals surface area contributed by atoms with Gasteiger partial charge in [0.15, 0.2) is 0 Å². The molecule has 0 saturated carbocycles. The number of aromatic nitrogens is 2. The average molecular weight is 298 g/mol. The van der Waals surface area contributed by atoms with Crippen LogP contribution in [0.25, 0.3) is 11.0 Å². The van der Waals surface area contributed by atoms with Crippen LogP contribution in [0.3, 0.4) is 0 Å². The number of nitrogens with zero attached hydrogens (tertiary/aromatic N) is 3. The summed E-state index contributed by atoms with van der Waals surface area (Å²) in [4.78, 5) is 13.0. The number of fused-ring (bicyclic) bond motifs is 1. The summed E-state index contributed by atoms with van der Waals surface area (Å²) in [5, 5.41) is 1.26. The van der Waals surface area contributed by atoms with Gasteiger partial charge in [-0.2, -0.15) is 0 Å². The van der Waals surface area contributed by atoms with Crippen LogP contribution in [0.15, 0.2) is 24.5 Å². The van der Waals surface area contributed by atoms with Crippen molar-refractivity contribution >= 4 is 16.7 Å². The quantitative estimate of drug-likeness (QED) is 0.923. The lowest BCUT2D eigenvalue weighted by atomic mass is 9.79. The fraction of sp³-hybridized carbons (Fsp3) is 0.611. The first-order valence-electron chi connectivity index (χ1n) is 8.74. The molecule has 0 amide bonds. The molecule has 1 atom stereocenters. The van der Waals surface area contributed by atoms with Crippen molar-refractivity contribution in [3.63, 3.8) is 0 Å². The Balaban J connectivity index is 1.67. The van der Waals surface area contributed by atoms with Gasteiger partial charge in [0.05, 0.1) is 0 Å². The number of likely N-dealkylation sites (N-methyl/N-ethyl adjacent to an activating group) is 1. The molecule has 2 aromatic rings. The van der Waals surface area contributed by atoms with Crippen LogP contribution >= 0.6 is 0 Å². The van der Waals surface area contributed by atoms with Gasteiger partial charge in [-0.25, -0.2) is 4.98 Å². The summed E-state index contributed by atoms with van der Waals surface area (Å²) in [6.45, 7) is 7.13. The van der Waals surface area contributed by atoms with Crippen LogP contribution < -0.4 is 4.90 Å². The normalized spacial score (nSPS) is 26.9. The number of hydrogen-bond acceptors (Lipinski definition) is 3. The average Bonchev–Trinajstić information content (AvgIpc) is 3.04. The van der Waals surface area contributed by atoms with E-state index in [1.54, 1.807) is 0 Å². The third-order valence-electron chi connectivity index (χ3n) is 5.71. The highest BCUT2D eigenvalue weighted by Crippen LogP contribution is 2.38. The second kappa shape index (κ2) is 5.58. The standard InChI is InChI=1S/C18H26N4/c1-2-22-13-4-3-8-18(22)9-5-12-21(14-18)16-7-11-20-17-15(16)6-10-19-17/h6-7,10-11H,2-5,8-9,12-14H2,1H3,(H,19,20). The Morgan fingerprint density at radius 2 is 2.09 bits per heavy atom. The maximum Gasteiger partial charge on any atom is 0.139 e. The molecule has 2 fully saturated rings. The van der Waals surface area contributed by atoms with Crippen molar-refractivity contribution in [2.24, 2.45) is 0 Å². The third-order valence-corrected chi connectivity index (χ3v) is 5.71. The number of hydrogen-bond donors (Lipinski definition) is 1. The van der Waals surface area contributed by atoms with Gasteiger partial charge >= 0.3 is 0 Å². The van der Waals surface area contributed by atoms with Gasteiger partial charge in [-0.05, 0) is 50.9 Å². The minimum atomic E-state index is 0.400. The molecule has 1 unspecified atom stereocenters. The van der Waals surface area contributed by atoms with Gasteiger partial charge in [-0.3, -0.25) is 4.90 Å². The minimum absolute atomic E-state index is 0.400. The van der Waals surface area contributed by atoms with Crippen molar-refractivity contribution in [3.8, 4) is 0 Å². The zero-order valence-electron chi connectivity index (χ0n) is 13.5. The van der Waals surface area contributed by atoms with Crippen LogP contribution in [0.2, 0.25) is 0 Å². The number of H-pyrrole nitrogens is 1. The van der Waals surface area contributed by atoms with E-state index >= 15 is 0 Å². The van der Waals surface area contributed by atoms with Crippen molar-refractivity contribution in [2.75, 3.05) is 31.1 Å². The Hall–Kier alpha value is -1.55. The molecule has 2 saturated heterocycles. The van der Waals surface area contributed by atoms with Gasteiger partial charge in [0.2, 0.25) is 0 Å². The van der Waals surface area contributed by atoms with E-state index in [2.05, 4.69) is 38.8 Å². The van der Waals surface area contributed by atoms with E-state index in [4.69, 9.17) is 0 Å². The molecule has 118 valence electrons. The van der Waals surface area contributed by atoms with E-state index in [0.29, 0.717) is 5.54 Å². The molecule has 4 nitrogen and oxygen atoms in total. The first-order valence-corrected chi connectivity index (χ1v) is 8.74. The maximum atomic E-state index is 4.44. The number of anilines is 1. The monoisotopic (exact) mass is 298 g/mol. The van der Waals surface area contributed by atoms with Crippen LogP contribution in [0.5, 0.6) is 0 Å². The van der Waals surface area contributed by atoms with Gasteiger partial charge in [0, 0.05) is 42.1 Å². The smallest absolute Gasteiger partial charge is 0.139 e. The highest BCUT2D eigenvalue weighted by Gasteiger charge is 2.41. The molecule has 0 aliphatic carbocycles. The van der Waals surface area contributed by atoms with Crippen LogP contribution in [0.1, 0.15) is 39.0 Å². The molecule has 1 spiro atoms. The molecule has 4 heterocycles. The lowest BCUT2D eigenvalue weighted by Crippen LogP contribution is -2.60. The lowest BCUT2D eigenvalue weighted by molar-refractivity contribution is 0.0384. The second-order valence-corrected chi connectivity index (χ2v) is 6.86. The van der Waals surface area contributed by atoms with Gasteiger partial charge in [0.25, 0.3) is 0 Å². The molecular formula is C18H26N4. The third kappa shape index (κ3) is 2.21. The molecule has 2 aromatic heterocycles. The number of nitrogens with one attached hydrogen (secondary N) is 1. The molecule has 0 aromatic carbocycles. The van der Waals surface area contributed by atoms with E-state index in [0.717, 1.165) is 5.65 Å². The molecule has 22 heavy (non-hydrogen) atoms. The Bertz CT molecular complexity index is 645. The Morgan fingerprint density at radius 3 is 3.00 bits per heavy atom. The number of aromatic amines is 1. The zero-order chi connectivity index (χ0) is 15.0. The zero-order valence-corrected chi connectivity index (χ0v) is 13.5. The molecule has 2 aliphatic heterocycles. The molecule has 2 aliphatic rings. The van der Waals surface area contributed by atoms with Crippen molar-refractivity contribution in [1.82, 2.24) is 14.9 Å². The van der Waals surface area contributed by atoms with Gasteiger partial charge in [-0.15, -0.1) is 0 Å². The number of pyridine rings is 1. The number of likely N-dealkylation sites (tertiary alicyclic amines) is 1. The van der Waals surface area contributed by atoms with E-state index in [1.807, 2.05) is 12.4 Å². The Kier molecular flexibility index (Phi) is 3.57. The highest BCUT2D eigenvalue weighted by atomic mass is 15.3. The number of rotatable bonds is 2. The van der Waals surface area contributed by atoms with Crippen molar-refractivity contribution in [3.05, 3.63) is 24.5 Å². The van der Waals surface area contributed by atoms with Crippen LogP contribution in [-0.2, 0) is 0 Å². The SMILES string of the molecule is CCN1CCCCC12CCCN(c1ccnc3[nH]ccc13)C2. The fourth-order valence-electron chi connectivity index (χ4n) is 4.65. The summed E-state index contributed by atoms with van der Waals surface area (Å²) >= 11 is 0.